The Kier molecular flexibility index (Phi) is 7.74. The molecular formula is C11H18B8N2O3S. The van der Waals surface area contributed by atoms with Crippen molar-refractivity contribution in [1.29, 1.82) is 0 Å². The third kappa shape index (κ3) is 5.91. The minimum atomic E-state index is -0.740. The van der Waals surface area contributed by atoms with E-state index in [1.165, 1.54) is 6.69 Å². The van der Waals surface area contributed by atoms with Crippen molar-refractivity contribution >= 4 is 69.5 Å². The van der Waals surface area contributed by atoms with Gasteiger partial charge < -0.3 is 0 Å². The summed E-state index contributed by atoms with van der Waals surface area (Å²) < 4.78 is 19.4. The van der Waals surface area contributed by atoms with Gasteiger partial charge in [-0.3, -0.25) is 0 Å². The van der Waals surface area contributed by atoms with E-state index >= 15 is 0 Å². The summed E-state index contributed by atoms with van der Waals surface area (Å²) in [7, 11) is 4.09. The Morgan fingerprint density at radius 3 is 2.56 bits per heavy atom. The summed E-state index contributed by atoms with van der Waals surface area (Å²) in [6.07, 6.45) is 3.67. The summed E-state index contributed by atoms with van der Waals surface area (Å²) in [6, 6.07) is 1.78. The van der Waals surface area contributed by atoms with Crippen LogP contribution in [0.25, 0.3) is 0 Å². The van der Waals surface area contributed by atoms with Crippen molar-refractivity contribution < 1.29 is 13.5 Å². The maximum atomic E-state index is 6.02. The van der Waals surface area contributed by atoms with E-state index in [0.29, 0.717) is 13.2 Å². The Morgan fingerprint density at radius 2 is 1.92 bits per heavy atom. The molecule has 2 heterocycles. The molecule has 0 N–H and O–H groups in total. The molecule has 0 aliphatic carbocycles. The van der Waals surface area contributed by atoms with Crippen LogP contribution in [0.2, 0.25) is 0 Å². The molecule has 120 valence electrons. The Bertz CT molecular complexity index is 772. The van der Waals surface area contributed by atoms with Gasteiger partial charge >= 0.3 is 157 Å². The van der Waals surface area contributed by atoms with Gasteiger partial charge in [-0.05, 0) is 0 Å². The molecule has 2 rings (SSSR count). The van der Waals surface area contributed by atoms with Crippen molar-refractivity contribution in [3.05, 3.63) is 12.4 Å². The van der Waals surface area contributed by atoms with Crippen LogP contribution in [-0.2, 0) is 20.0 Å². The van der Waals surface area contributed by atoms with E-state index < -0.39 is 17.0 Å². The predicted molar refractivity (Wildman–Crippen MR) is 112 cm³/mol. The number of rotatable bonds is 6. The summed E-state index contributed by atoms with van der Waals surface area (Å²) in [4.78, 5) is 0. The van der Waals surface area contributed by atoms with Crippen molar-refractivity contribution in [2.45, 2.75) is 45.4 Å². The van der Waals surface area contributed by atoms with E-state index in [-0.39, 0.29) is 11.2 Å². The molecule has 1 saturated heterocycles. The Balaban J connectivity index is 1.86. The van der Waals surface area contributed by atoms with E-state index in [9.17, 15) is 0 Å². The molecule has 0 atom stereocenters. The molecule has 25 heavy (non-hydrogen) atoms. The Morgan fingerprint density at radius 1 is 1.24 bits per heavy atom. The van der Waals surface area contributed by atoms with E-state index in [0.717, 1.165) is 5.46 Å². The molecule has 0 bridgehead atoms. The second kappa shape index (κ2) is 9.16. The number of hydrogen-bond donors (Lipinski definition) is 0. The van der Waals surface area contributed by atoms with Gasteiger partial charge in [0.2, 0.25) is 0 Å². The molecular weight excluding hydrogens is 327 g/mol. The van der Waals surface area contributed by atoms with Crippen LogP contribution < -0.4 is 5.46 Å². The topological polar surface area (TPSA) is 45.5 Å². The van der Waals surface area contributed by atoms with Crippen LogP contribution in [0.15, 0.2) is 12.4 Å². The minimum absolute atomic E-state index is 0.362. The van der Waals surface area contributed by atoms with Crippen LogP contribution in [0, 0.1) is 0 Å². The van der Waals surface area contributed by atoms with Crippen LogP contribution >= 0.6 is 9.84 Å². The first kappa shape index (κ1) is 21.1. The summed E-state index contributed by atoms with van der Waals surface area (Å²) in [5, 5.41) is 4.33. The first-order chi connectivity index (χ1) is 11.7. The quantitative estimate of drug-likeness (QED) is 0.598. The maximum absolute atomic E-state index is 6.02. The zero-order valence-corrected chi connectivity index (χ0v) is 16.0. The van der Waals surface area contributed by atoms with Gasteiger partial charge in [0.15, 0.2) is 0 Å². The molecule has 1 aliphatic rings. The second-order valence-electron chi connectivity index (χ2n) is 6.68. The summed E-state index contributed by atoms with van der Waals surface area (Å²) in [5.74, 6) is 0. The van der Waals surface area contributed by atoms with Crippen molar-refractivity contribution in [3.63, 3.8) is 0 Å². The molecule has 1 aliphatic heterocycles. The van der Waals surface area contributed by atoms with E-state index in [2.05, 4.69) is 5.10 Å². The summed E-state index contributed by atoms with van der Waals surface area (Å²) in [5.41, 5.74) is 0.173. The first-order valence-corrected chi connectivity index (χ1v) is 9.40. The van der Waals surface area contributed by atoms with Gasteiger partial charge in [-0.1, -0.05) is 0 Å². The zero-order valence-electron chi connectivity index (χ0n) is 15.2. The monoisotopic (exact) mass is 346 g/mol. The molecule has 0 amide bonds. The molecule has 1 aromatic rings. The molecule has 2 radical (unpaired) electrons. The third-order valence-corrected chi connectivity index (χ3v) is 5.13. The van der Waals surface area contributed by atoms with Gasteiger partial charge in [0, 0.05) is 0 Å². The average molecular weight is 345 g/mol. The van der Waals surface area contributed by atoms with Crippen molar-refractivity contribution in [1.82, 2.24) is 9.78 Å². The normalized spacial score (nSPS) is 18.6. The van der Waals surface area contributed by atoms with E-state index in [1.54, 1.807) is 37.0 Å². The number of aromatic nitrogens is 2. The van der Waals surface area contributed by atoms with Gasteiger partial charge in [-0.2, -0.15) is 0 Å². The van der Waals surface area contributed by atoms with E-state index in [4.69, 9.17) is 27.8 Å². The van der Waals surface area contributed by atoms with Gasteiger partial charge in [-0.25, -0.2) is 0 Å². The first-order valence-electron chi connectivity index (χ1n) is 8.12. The second-order valence-corrected chi connectivity index (χ2v) is 7.85. The number of nitrogens with zero attached hydrogens (tertiary/aromatic N) is 2. The number of hydrogen-bond acceptors (Lipinski definition) is 4. The van der Waals surface area contributed by atoms with Crippen LogP contribution in [0.1, 0.15) is 27.7 Å². The van der Waals surface area contributed by atoms with Gasteiger partial charge in [0.05, 0.1) is 0 Å². The van der Waals surface area contributed by atoms with E-state index in [1.807, 2.05) is 33.9 Å². The van der Waals surface area contributed by atoms with Gasteiger partial charge in [0.1, 0.15) is 0 Å². The molecule has 14 heteroatoms. The Labute approximate surface area is 157 Å². The fourth-order valence-corrected chi connectivity index (χ4v) is 2.71. The predicted octanol–water partition coefficient (Wildman–Crippen LogP) is -1.35. The third-order valence-electron chi connectivity index (χ3n) is 4.26. The van der Waals surface area contributed by atoms with Crippen LogP contribution in [0.4, 0.5) is 0 Å². The molecule has 0 aromatic carbocycles. The van der Waals surface area contributed by atoms with Crippen molar-refractivity contribution in [2.75, 3.05) is 6.61 Å². The summed E-state index contributed by atoms with van der Waals surface area (Å²) in [6.45, 7) is 21.8. The van der Waals surface area contributed by atoms with Crippen molar-refractivity contribution in [2.24, 2.45) is 0 Å². The van der Waals surface area contributed by atoms with Gasteiger partial charge in [0.25, 0.3) is 0 Å². The fraction of sp³-hybridized carbons (Fsp3) is 0.727. The average Bonchev–Trinajstić information content (AvgIpc) is 3.07. The van der Waals surface area contributed by atoms with Crippen molar-refractivity contribution in [3.8, 4) is 0 Å². The molecule has 0 saturated carbocycles. The molecule has 5 nitrogen and oxygen atoms in total. The molecule has 1 aromatic heterocycles. The Hall–Kier alpha value is -0.171. The SMILES string of the molecule is [B]B=BB=BB=S(#B)OCCn1cc(B2OC(C)(C)C(C)(C)O2)cn1. The molecule has 1 fully saturated rings. The fourth-order valence-electron chi connectivity index (χ4n) is 2.12. The van der Waals surface area contributed by atoms with Crippen LogP contribution in [-0.4, -0.2) is 81.8 Å². The van der Waals surface area contributed by atoms with Crippen LogP contribution in [0.3, 0.4) is 0 Å². The standard InChI is InChI=1S/C11H18B8N2O3S/c1-10(2)11(3,4)24-19(23-10)9-7-20-21(8-9)5-6-22-25(13)18-17-16-15-14-12/h7-8H,5-6H2,1-4H3. The van der Waals surface area contributed by atoms with Gasteiger partial charge in [-0.15, -0.1) is 0 Å². The summed E-state index contributed by atoms with van der Waals surface area (Å²) >= 11 is 0. The molecule has 0 unspecified atom stereocenters. The van der Waals surface area contributed by atoms with Crippen LogP contribution in [0.5, 0.6) is 0 Å². The molecule has 0 spiro atoms. The zero-order chi connectivity index (χ0) is 18.5.